The van der Waals surface area contributed by atoms with Crippen LogP contribution in [0.2, 0.25) is 0 Å². The number of halogens is 2. The third-order valence-corrected chi connectivity index (χ3v) is 4.63. The van der Waals surface area contributed by atoms with Crippen LogP contribution in [0.15, 0.2) is 34.1 Å². The number of rotatable bonds is 4. The van der Waals surface area contributed by atoms with E-state index in [9.17, 15) is 4.39 Å². The lowest BCUT2D eigenvalue weighted by molar-refractivity contribution is 0.412. The quantitative estimate of drug-likeness (QED) is 0.867. The largest absolute Gasteiger partial charge is 0.494 e. The molecule has 18 heavy (non-hydrogen) atoms. The van der Waals surface area contributed by atoms with E-state index >= 15 is 0 Å². The van der Waals surface area contributed by atoms with Gasteiger partial charge in [-0.25, -0.2) is 4.39 Å². The minimum atomic E-state index is -0.303. The van der Waals surface area contributed by atoms with Gasteiger partial charge >= 0.3 is 0 Å². The maximum Gasteiger partial charge on any atom is 0.144 e. The van der Waals surface area contributed by atoms with Crippen molar-refractivity contribution in [3.05, 3.63) is 44.8 Å². The number of hydrogen-bond acceptors (Lipinski definition) is 3. The van der Waals surface area contributed by atoms with Crippen LogP contribution in [-0.2, 0) is 0 Å². The van der Waals surface area contributed by atoms with Crippen LogP contribution in [0.25, 0.3) is 0 Å². The molecule has 0 fully saturated rings. The smallest absolute Gasteiger partial charge is 0.144 e. The predicted octanol–water partition coefficient (Wildman–Crippen LogP) is 4.83. The third-order valence-electron chi connectivity index (χ3n) is 2.57. The molecule has 2 rings (SSSR count). The van der Waals surface area contributed by atoms with E-state index < -0.39 is 0 Å². The Morgan fingerprint density at radius 1 is 1.39 bits per heavy atom. The number of hydrogen-bond donors (Lipinski definition) is 1. The lowest BCUT2D eigenvalue weighted by Gasteiger charge is -2.17. The Balaban J connectivity index is 2.21. The number of anilines is 1. The number of methoxy groups -OCH3 is 1. The molecule has 0 radical (unpaired) electrons. The first-order chi connectivity index (χ1) is 8.61. The van der Waals surface area contributed by atoms with Crippen LogP contribution in [0.3, 0.4) is 0 Å². The number of benzene rings is 1. The van der Waals surface area contributed by atoms with Gasteiger partial charge in [0.25, 0.3) is 0 Å². The Labute approximate surface area is 118 Å². The Morgan fingerprint density at radius 3 is 2.78 bits per heavy atom. The maximum atomic E-state index is 13.1. The Morgan fingerprint density at radius 2 is 2.17 bits per heavy atom. The third kappa shape index (κ3) is 2.84. The molecule has 0 saturated carbocycles. The summed E-state index contributed by atoms with van der Waals surface area (Å²) in [5.41, 5.74) is 0.784. The minimum Gasteiger partial charge on any atom is -0.494 e. The van der Waals surface area contributed by atoms with Gasteiger partial charge in [0.05, 0.1) is 18.8 Å². The highest BCUT2D eigenvalue weighted by atomic mass is 79.9. The van der Waals surface area contributed by atoms with Gasteiger partial charge in [0.15, 0.2) is 0 Å². The lowest BCUT2D eigenvalue weighted by Crippen LogP contribution is -2.06. The summed E-state index contributed by atoms with van der Waals surface area (Å²) in [4.78, 5) is 1.20. The Hall–Kier alpha value is -1.07. The molecule has 1 heterocycles. The maximum absolute atomic E-state index is 13.1. The van der Waals surface area contributed by atoms with Crippen LogP contribution in [0.5, 0.6) is 5.75 Å². The molecule has 0 aliphatic rings. The molecule has 0 amide bonds. The summed E-state index contributed by atoms with van der Waals surface area (Å²) >= 11 is 5.18. The molecule has 0 bridgehead atoms. The van der Waals surface area contributed by atoms with Crippen LogP contribution in [-0.4, -0.2) is 7.11 Å². The fourth-order valence-corrected chi connectivity index (χ4v) is 3.42. The molecule has 1 unspecified atom stereocenters. The van der Waals surface area contributed by atoms with Gasteiger partial charge in [-0.3, -0.25) is 0 Å². The zero-order chi connectivity index (χ0) is 13.1. The summed E-state index contributed by atoms with van der Waals surface area (Å²) in [6.07, 6.45) is 0. The van der Waals surface area contributed by atoms with E-state index in [1.807, 2.05) is 11.4 Å². The molecule has 2 aromatic rings. The highest BCUT2D eigenvalue weighted by Gasteiger charge is 2.13. The number of thiophene rings is 1. The van der Waals surface area contributed by atoms with Gasteiger partial charge in [0.1, 0.15) is 11.6 Å². The van der Waals surface area contributed by atoms with Gasteiger partial charge in [0.2, 0.25) is 0 Å². The zero-order valence-electron chi connectivity index (χ0n) is 10.0. The molecule has 1 aromatic carbocycles. The summed E-state index contributed by atoms with van der Waals surface area (Å²) in [7, 11) is 1.53. The zero-order valence-corrected chi connectivity index (χ0v) is 12.4. The first-order valence-electron chi connectivity index (χ1n) is 5.44. The monoisotopic (exact) mass is 329 g/mol. The van der Waals surface area contributed by atoms with Crippen molar-refractivity contribution in [3.63, 3.8) is 0 Å². The predicted molar refractivity (Wildman–Crippen MR) is 77.0 cm³/mol. The molecular weight excluding hydrogens is 317 g/mol. The normalized spacial score (nSPS) is 12.2. The summed E-state index contributed by atoms with van der Waals surface area (Å²) < 4.78 is 19.3. The lowest BCUT2D eigenvalue weighted by atomic mass is 10.2. The Bertz CT molecular complexity index is 544. The van der Waals surface area contributed by atoms with Crippen molar-refractivity contribution in [2.45, 2.75) is 13.0 Å². The van der Waals surface area contributed by atoms with Crippen molar-refractivity contribution in [3.8, 4) is 5.75 Å². The average Bonchev–Trinajstić information content (AvgIpc) is 2.77. The van der Waals surface area contributed by atoms with E-state index in [4.69, 9.17) is 4.74 Å². The molecule has 96 valence electrons. The number of ether oxygens (including phenoxy) is 1. The van der Waals surface area contributed by atoms with Crippen LogP contribution in [0.4, 0.5) is 10.1 Å². The molecule has 5 heteroatoms. The van der Waals surface area contributed by atoms with Crippen LogP contribution < -0.4 is 10.1 Å². The second kappa shape index (κ2) is 5.71. The van der Waals surface area contributed by atoms with Crippen molar-refractivity contribution >= 4 is 33.0 Å². The molecule has 0 spiro atoms. The molecular formula is C13H13BrFNOS. The molecule has 0 aliphatic heterocycles. The summed E-state index contributed by atoms with van der Waals surface area (Å²) in [6, 6.07) is 6.62. The van der Waals surface area contributed by atoms with Gasteiger partial charge in [0, 0.05) is 15.4 Å². The van der Waals surface area contributed by atoms with Crippen LogP contribution in [0, 0.1) is 5.82 Å². The summed E-state index contributed by atoms with van der Waals surface area (Å²) in [5.74, 6) is 0.205. The van der Waals surface area contributed by atoms with Gasteiger partial charge < -0.3 is 10.1 Å². The van der Waals surface area contributed by atoms with Gasteiger partial charge in [-0.05, 0) is 46.4 Å². The van der Waals surface area contributed by atoms with Crippen LogP contribution >= 0.6 is 27.3 Å². The SMILES string of the molecule is COc1cc(F)ccc1NC(C)c1sccc1Br. The first kappa shape index (κ1) is 13.4. The van der Waals surface area contributed by atoms with Crippen molar-refractivity contribution in [1.82, 2.24) is 0 Å². The van der Waals surface area contributed by atoms with Gasteiger partial charge in [-0.2, -0.15) is 0 Å². The molecule has 2 nitrogen and oxygen atoms in total. The van der Waals surface area contributed by atoms with E-state index in [-0.39, 0.29) is 11.9 Å². The fraction of sp³-hybridized carbons (Fsp3) is 0.231. The van der Waals surface area contributed by atoms with E-state index in [1.165, 1.54) is 24.1 Å². The number of nitrogens with one attached hydrogen (secondary N) is 1. The van der Waals surface area contributed by atoms with Gasteiger partial charge in [-0.15, -0.1) is 11.3 Å². The van der Waals surface area contributed by atoms with E-state index in [0.717, 1.165) is 10.2 Å². The van der Waals surface area contributed by atoms with E-state index in [1.54, 1.807) is 17.4 Å². The first-order valence-corrected chi connectivity index (χ1v) is 7.12. The molecule has 1 aromatic heterocycles. The van der Waals surface area contributed by atoms with Crippen LogP contribution in [0.1, 0.15) is 17.8 Å². The Kier molecular flexibility index (Phi) is 4.24. The van der Waals surface area contributed by atoms with Crippen molar-refractivity contribution < 1.29 is 9.13 Å². The molecule has 1 atom stereocenters. The van der Waals surface area contributed by atoms with Crippen molar-refractivity contribution in [2.24, 2.45) is 0 Å². The molecule has 0 aliphatic carbocycles. The highest BCUT2D eigenvalue weighted by Crippen LogP contribution is 2.33. The second-order valence-corrected chi connectivity index (χ2v) is 5.65. The molecule has 0 saturated heterocycles. The van der Waals surface area contributed by atoms with Crippen molar-refractivity contribution in [2.75, 3.05) is 12.4 Å². The highest BCUT2D eigenvalue weighted by molar-refractivity contribution is 9.10. The average molecular weight is 330 g/mol. The topological polar surface area (TPSA) is 21.3 Å². The van der Waals surface area contributed by atoms with E-state index in [0.29, 0.717) is 5.75 Å². The summed E-state index contributed by atoms with van der Waals surface area (Å²) in [5, 5.41) is 5.35. The molecule has 1 N–H and O–H groups in total. The fourth-order valence-electron chi connectivity index (χ4n) is 1.70. The standard InChI is InChI=1S/C13H13BrFNOS/c1-8(13-10(14)5-6-18-13)16-11-4-3-9(15)7-12(11)17-2/h3-8,16H,1-2H3. The van der Waals surface area contributed by atoms with Crippen molar-refractivity contribution in [1.29, 1.82) is 0 Å². The summed E-state index contributed by atoms with van der Waals surface area (Å²) in [6.45, 7) is 2.05. The second-order valence-electron chi connectivity index (χ2n) is 3.84. The van der Waals surface area contributed by atoms with Gasteiger partial charge in [-0.1, -0.05) is 0 Å². The minimum absolute atomic E-state index is 0.124. The van der Waals surface area contributed by atoms with E-state index in [2.05, 4.69) is 28.2 Å².